The van der Waals surface area contributed by atoms with Gasteiger partial charge in [0.15, 0.2) is 0 Å². The molecule has 0 saturated carbocycles. The smallest absolute Gasteiger partial charge is 0.305 e. The molecule has 35 heavy (non-hydrogen) atoms. The van der Waals surface area contributed by atoms with Gasteiger partial charge in [-0.25, -0.2) is 0 Å². The van der Waals surface area contributed by atoms with Crippen molar-refractivity contribution in [3.63, 3.8) is 0 Å². The Morgan fingerprint density at radius 2 is 0.943 bits per heavy atom. The summed E-state index contributed by atoms with van der Waals surface area (Å²) >= 11 is 0. The van der Waals surface area contributed by atoms with Crippen molar-refractivity contribution < 1.29 is 14.6 Å². The number of unbranched alkanes of at least 4 members (excludes halogenated alkanes) is 22. The van der Waals surface area contributed by atoms with Gasteiger partial charge >= 0.3 is 5.97 Å². The van der Waals surface area contributed by atoms with Crippen LogP contribution in [0.3, 0.4) is 0 Å². The third-order valence-corrected chi connectivity index (χ3v) is 6.96. The maximum absolute atomic E-state index is 11.8. The van der Waals surface area contributed by atoms with Gasteiger partial charge in [0.05, 0.1) is 6.61 Å². The van der Waals surface area contributed by atoms with Crippen LogP contribution in [-0.4, -0.2) is 24.3 Å². The van der Waals surface area contributed by atoms with Gasteiger partial charge < -0.3 is 9.84 Å². The number of allylic oxidation sites excluding steroid dienone is 2. The summed E-state index contributed by atoms with van der Waals surface area (Å²) in [6.45, 7) is 3.22. The van der Waals surface area contributed by atoms with E-state index < -0.39 is 0 Å². The van der Waals surface area contributed by atoms with Crippen LogP contribution in [0.4, 0.5) is 0 Å². The van der Waals surface area contributed by atoms with Crippen LogP contribution in [0.2, 0.25) is 0 Å². The molecule has 0 unspecified atom stereocenters. The molecule has 208 valence electrons. The summed E-state index contributed by atoms with van der Waals surface area (Å²) < 4.78 is 5.39. The molecule has 3 nitrogen and oxygen atoms in total. The Morgan fingerprint density at radius 3 is 1.43 bits per heavy atom. The summed E-state index contributed by atoms with van der Waals surface area (Å²) in [6.07, 6.45) is 37.0. The fraction of sp³-hybridized carbons (Fsp3) is 0.906. The van der Waals surface area contributed by atoms with E-state index in [1.54, 1.807) is 0 Å². The van der Waals surface area contributed by atoms with Crippen LogP contribution in [0.15, 0.2) is 12.2 Å². The van der Waals surface area contributed by atoms with Gasteiger partial charge in [-0.15, -0.1) is 0 Å². The van der Waals surface area contributed by atoms with E-state index in [9.17, 15) is 4.79 Å². The Bertz CT molecular complexity index is 433. The highest BCUT2D eigenvalue weighted by Crippen LogP contribution is 2.13. The predicted octanol–water partition coefficient (Wildman–Crippen LogP) is 10.2. The van der Waals surface area contributed by atoms with Gasteiger partial charge in [-0.05, 0) is 44.9 Å². The van der Waals surface area contributed by atoms with Crippen LogP contribution in [-0.2, 0) is 9.53 Å². The first-order valence-corrected chi connectivity index (χ1v) is 15.7. The SMILES string of the molecule is CCCCCCCCC=CCCCCCCCCCC(=O)OCCCCCCCCCCCCO. The van der Waals surface area contributed by atoms with Crippen LogP contribution in [0, 0.1) is 0 Å². The molecule has 0 heterocycles. The lowest BCUT2D eigenvalue weighted by Gasteiger charge is -2.05. The van der Waals surface area contributed by atoms with Crippen molar-refractivity contribution in [3.8, 4) is 0 Å². The molecule has 0 aliphatic heterocycles. The highest BCUT2D eigenvalue weighted by Gasteiger charge is 2.02. The average Bonchev–Trinajstić information content (AvgIpc) is 2.86. The van der Waals surface area contributed by atoms with Crippen molar-refractivity contribution in [2.24, 2.45) is 0 Å². The number of hydrogen-bond donors (Lipinski definition) is 1. The van der Waals surface area contributed by atoms with Crippen molar-refractivity contribution in [1.82, 2.24) is 0 Å². The summed E-state index contributed by atoms with van der Waals surface area (Å²) in [5.74, 6) is 0.000579. The average molecular weight is 495 g/mol. The number of esters is 1. The minimum atomic E-state index is 0.000579. The van der Waals surface area contributed by atoms with E-state index in [-0.39, 0.29) is 5.97 Å². The molecule has 0 aromatic heterocycles. The molecule has 0 aliphatic carbocycles. The van der Waals surface area contributed by atoms with Crippen LogP contribution in [0.25, 0.3) is 0 Å². The Hall–Kier alpha value is -0.830. The third-order valence-electron chi connectivity index (χ3n) is 6.96. The zero-order chi connectivity index (χ0) is 25.5. The predicted molar refractivity (Wildman–Crippen MR) is 153 cm³/mol. The summed E-state index contributed by atoms with van der Waals surface area (Å²) in [7, 11) is 0. The largest absolute Gasteiger partial charge is 0.466 e. The molecule has 0 atom stereocenters. The standard InChI is InChI=1S/C32H62O3/c1-2-3-4-5-6-7-8-9-10-11-12-13-14-17-20-23-26-29-32(34)35-31-28-25-22-19-16-15-18-21-24-27-30-33/h9-10,33H,2-8,11-31H2,1H3. The van der Waals surface area contributed by atoms with Crippen LogP contribution in [0.5, 0.6) is 0 Å². The van der Waals surface area contributed by atoms with Crippen molar-refractivity contribution in [1.29, 1.82) is 0 Å². The first-order valence-electron chi connectivity index (χ1n) is 15.7. The van der Waals surface area contributed by atoms with Crippen molar-refractivity contribution in [2.45, 2.75) is 174 Å². The molecule has 0 rings (SSSR count). The zero-order valence-electron chi connectivity index (χ0n) is 23.7. The number of carbonyl (C=O) groups is 1. The van der Waals surface area contributed by atoms with Gasteiger partial charge in [0.25, 0.3) is 0 Å². The van der Waals surface area contributed by atoms with Gasteiger partial charge in [-0.1, -0.05) is 135 Å². The van der Waals surface area contributed by atoms with Gasteiger partial charge in [0.1, 0.15) is 0 Å². The van der Waals surface area contributed by atoms with Gasteiger partial charge in [0.2, 0.25) is 0 Å². The lowest BCUT2D eigenvalue weighted by molar-refractivity contribution is -0.143. The Kier molecular flexibility index (Phi) is 30.5. The second kappa shape index (κ2) is 31.2. The minimum Gasteiger partial charge on any atom is -0.466 e. The van der Waals surface area contributed by atoms with Crippen LogP contribution >= 0.6 is 0 Å². The second-order valence-electron chi connectivity index (χ2n) is 10.5. The molecule has 0 spiro atoms. The molecule has 0 bridgehead atoms. The number of ether oxygens (including phenoxy) is 1. The monoisotopic (exact) mass is 494 g/mol. The number of carbonyl (C=O) groups excluding carboxylic acids is 1. The summed E-state index contributed by atoms with van der Waals surface area (Å²) in [6, 6.07) is 0. The molecule has 0 saturated heterocycles. The van der Waals surface area contributed by atoms with E-state index in [1.165, 1.54) is 135 Å². The molecule has 3 heteroatoms. The maximum atomic E-state index is 11.8. The quantitative estimate of drug-likeness (QED) is 0.0639. The van der Waals surface area contributed by atoms with E-state index in [0.717, 1.165) is 25.7 Å². The van der Waals surface area contributed by atoms with E-state index in [1.807, 2.05) is 0 Å². The number of aliphatic hydroxyl groups is 1. The highest BCUT2D eigenvalue weighted by molar-refractivity contribution is 5.69. The minimum absolute atomic E-state index is 0.000579. The first-order chi connectivity index (χ1) is 17.3. The Balaban J connectivity index is 3.19. The molecule has 0 aromatic rings. The first kappa shape index (κ1) is 34.2. The summed E-state index contributed by atoms with van der Waals surface area (Å²) in [5.41, 5.74) is 0. The van der Waals surface area contributed by atoms with Crippen molar-refractivity contribution in [2.75, 3.05) is 13.2 Å². The van der Waals surface area contributed by atoms with Gasteiger partial charge in [-0.2, -0.15) is 0 Å². The number of aliphatic hydroxyl groups excluding tert-OH is 1. The Labute approximate surface area is 219 Å². The van der Waals surface area contributed by atoms with Gasteiger partial charge in [-0.3, -0.25) is 4.79 Å². The van der Waals surface area contributed by atoms with Crippen LogP contribution in [0.1, 0.15) is 174 Å². The van der Waals surface area contributed by atoms with Crippen molar-refractivity contribution >= 4 is 5.97 Å². The fourth-order valence-corrected chi connectivity index (χ4v) is 4.58. The van der Waals surface area contributed by atoms with Crippen molar-refractivity contribution in [3.05, 3.63) is 12.2 Å². The highest BCUT2D eigenvalue weighted by atomic mass is 16.5. The van der Waals surface area contributed by atoms with E-state index in [2.05, 4.69) is 19.1 Å². The summed E-state index contributed by atoms with van der Waals surface area (Å²) in [4.78, 5) is 11.8. The normalized spacial score (nSPS) is 11.5. The topological polar surface area (TPSA) is 46.5 Å². The third kappa shape index (κ3) is 31.1. The maximum Gasteiger partial charge on any atom is 0.305 e. The molecule has 0 amide bonds. The number of rotatable bonds is 29. The molecule has 0 radical (unpaired) electrons. The molecule has 0 aliphatic rings. The Morgan fingerprint density at radius 1 is 0.543 bits per heavy atom. The fourth-order valence-electron chi connectivity index (χ4n) is 4.58. The molecule has 1 N–H and O–H groups in total. The zero-order valence-corrected chi connectivity index (χ0v) is 23.7. The number of hydrogen-bond acceptors (Lipinski definition) is 3. The molecular formula is C32H62O3. The van der Waals surface area contributed by atoms with Crippen LogP contribution < -0.4 is 0 Å². The van der Waals surface area contributed by atoms with E-state index in [0.29, 0.717) is 19.6 Å². The van der Waals surface area contributed by atoms with Gasteiger partial charge in [0, 0.05) is 13.0 Å². The lowest BCUT2D eigenvalue weighted by atomic mass is 10.1. The lowest BCUT2D eigenvalue weighted by Crippen LogP contribution is -2.05. The second-order valence-corrected chi connectivity index (χ2v) is 10.5. The molecule has 0 aromatic carbocycles. The molecular weight excluding hydrogens is 432 g/mol. The molecule has 0 fully saturated rings. The van der Waals surface area contributed by atoms with E-state index >= 15 is 0 Å². The summed E-state index contributed by atoms with van der Waals surface area (Å²) in [5, 5.41) is 8.75. The van der Waals surface area contributed by atoms with E-state index in [4.69, 9.17) is 9.84 Å².